The van der Waals surface area contributed by atoms with Gasteiger partial charge in [0, 0.05) is 6.42 Å². The van der Waals surface area contributed by atoms with Gasteiger partial charge in [0.2, 0.25) is 6.17 Å². The summed E-state index contributed by atoms with van der Waals surface area (Å²) in [7, 11) is 2.67. The summed E-state index contributed by atoms with van der Waals surface area (Å²) < 4.78 is 22.6. The lowest BCUT2D eigenvalue weighted by molar-refractivity contribution is -0.146. The van der Waals surface area contributed by atoms with E-state index in [4.69, 9.17) is 4.74 Å². The third kappa shape index (κ3) is 2.94. The van der Waals surface area contributed by atoms with Gasteiger partial charge in [0.15, 0.2) is 0 Å². The first-order valence-electron chi connectivity index (χ1n) is 4.52. The largest absolute Gasteiger partial charge is 0.496 e. The third-order valence-corrected chi connectivity index (χ3v) is 2.05. The highest BCUT2D eigenvalue weighted by atomic mass is 19.1. The van der Waals surface area contributed by atoms with Crippen molar-refractivity contribution >= 4 is 5.97 Å². The molecule has 0 radical (unpaired) electrons. The maximum absolute atomic E-state index is 13.3. The molecule has 0 saturated carbocycles. The van der Waals surface area contributed by atoms with E-state index < -0.39 is 12.1 Å². The number of esters is 1. The van der Waals surface area contributed by atoms with Crippen molar-refractivity contribution in [2.75, 3.05) is 14.2 Å². The highest BCUT2D eigenvalue weighted by Gasteiger charge is 2.19. The summed E-state index contributed by atoms with van der Waals surface area (Å²) in [6.45, 7) is 0. The summed E-state index contributed by atoms with van der Waals surface area (Å²) in [6.07, 6.45) is -1.68. The fourth-order valence-corrected chi connectivity index (χ4v) is 1.28. The lowest BCUT2D eigenvalue weighted by Gasteiger charge is -2.09. The molecule has 1 unspecified atom stereocenters. The Hall–Kier alpha value is -1.58. The minimum atomic E-state index is -1.65. The summed E-state index contributed by atoms with van der Waals surface area (Å²) in [6, 6.07) is 6.99. The molecule has 4 heteroatoms. The predicted octanol–water partition coefficient (Wildman–Crippen LogP) is 1.75. The van der Waals surface area contributed by atoms with E-state index in [9.17, 15) is 9.18 Å². The van der Waals surface area contributed by atoms with Gasteiger partial charge in [0.1, 0.15) is 5.75 Å². The molecule has 1 rings (SSSR count). The van der Waals surface area contributed by atoms with Gasteiger partial charge in [-0.05, 0) is 11.6 Å². The van der Waals surface area contributed by atoms with E-state index in [1.54, 1.807) is 24.3 Å². The molecule has 0 aliphatic carbocycles. The van der Waals surface area contributed by atoms with Gasteiger partial charge in [-0.15, -0.1) is 0 Å². The number of alkyl halides is 1. The van der Waals surface area contributed by atoms with Crippen LogP contribution in [0.25, 0.3) is 0 Å². The lowest BCUT2D eigenvalue weighted by atomic mass is 10.1. The first-order chi connectivity index (χ1) is 7.19. The van der Waals surface area contributed by atoms with Crippen molar-refractivity contribution in [3.05, 3.63) is 29.8 Å². The van der Waals surface area contributed by atoms with Crippen LogP contribution in [-0.2, 0) is 16.0 Å². The Labute approximate surface area is 87.8 Å². The van der Waals surface area contributed by atoms with Crippen LogP contribution in [0.1, 0.15) is 5.56 Å². The van der Waals surface area contributed by atoms with E-state index >= 15 is 0 Å². The highest BCUT2D eigenvalue weighted by molar-refractivity contribution is 5.74. The van der Waals surface area contributed by atoms with E-state index in [0.717, 1.165) is 7.11 Å². The van der Waals surface area contributed by atoms with Crippen LogP contribution in [0.15, 0.2) is 24.3 Å². The summed E-state index contributed by atoms with van der Waals surface area (Å²) in [5, 5.41) is 0. The van der Waals surface area contributed by atoms with Crippen LogP contribution in [0.4, 0.5) is 4.39 Å². The molecule has 15 heavy (non-hydrogen) atoms. The molecule has 0 aliphatic rings. The fraction of sp³-hybridized carbons (Fsp3) is 0.364. The molecule has 82 valence electrons. The Morgan fingerprint density at radius 3 is 2.67 bits per heavy atom. The van der Waals surface area contributed by atoms with Crippen LogP contribution >= 0.6 is 0 Å². The molecule has 0 amide bonds. The van der Waals surface area contributed by atoms with E-state index in [0.29, 0.717) is 11.3 Å². The number of benzene rings is 1. The zero-order valence-corrected chi connectivity index (χ0v) is 8.70. The summed E-state index contributed by atoms with van der Waals surface area (Å²) in [5.41, 5.74) is 0.651. The number of hydrogen-bond acceptors (Lipinski definition) is 3. The Kier molecular flexibility index (Phi) is 4.09. The number of methoxy groups -OCH3 is 2. The van der Waals surface area contributed by atoms with Crippen molar-refractivity contribution in [3.63, 3.8) is 0 Å². The number of ether oxygens (including phenoxy) is 2. The van der Waals surface area contributed by atoms with Crippen LogP contribution in [0, 0.1) is 0 Å². The Balaban J connectivity index is 2.75. The Morgan fingerprint density at radius 1 is 1.40 bits per heavy atom. The normalized spacial score (nSPS) is 11.9. The minimum absolute atomic E-state index is 0.0311. The average Bonchev–Trinajstić information content (AvgIpc) is 2.28. The second-order valence-corrected chi connectivity index (χ2v) is 3.01. The molecular formula is C11H13FO3. The fourth-order valence-electron chi connectivity index (χ4n) is 1.28. The number of halogens is 1. The Bertz CT molecular complexity index is 338. The average molecular weight is 212 g/mol. The number of carbonyl (C=O) groups excluding carboxylic acids is 1. The van der Waals surface area contributed by atoms with Crippen molar-refractivity contribution in [3.8, 4) is 5.75 Å². The zero-order valence-electron chi connectivity index (χ0n) is 8.70. The van der Waals surface area contributed by atoms with Crippen molar-refractivity contribution in [2.24, 2.45) is 0 Å². The summed E-state index contributed by atoms with van der Waals surface area (Å²) in [5.74, 6) is -0.287. The quantitative estimate of drug-likeness (QED) is 0.713. The van der Waals surface area contributed by atoms with Crippen molar-refractivity contribution in [1.82, 2.24) is 0 Å². The monoisotopic (exact) mass is 212 g/mol. The van der Waals surface area contributed by atoms with Gasteiger partial charge >= 0.3 is 5.97 Å². The topological polar surface area (TPSA) is 35.5 Å². The molecule has 0 N–H and O–H groups in total. The molecule has 0 bridgehead atoms. The molecular weight excluding hydrogens is 199 g/mol. The van der Waals surface area contributed by atoms with E-state index in [2.05, 4.69) is 4.74 Å². The molecule has 0 saturated heterocycles. The number of para-hydroxylation sites is 1. The minimum Gasteiger partial charge on any atom is -0.496 e. The van der Waals surface area contributed by atoms with Crippen LogP contribution in [0.2, 0.25) is 0 Å². The van der Waals surface area contributed by atoms with E-state index in [1.165, 1.54) is 7.11 Å². The molecule has 1 aromatic carbocycles. The molecule has 1 atom stereocenters. The van der Waals surface area contributed by atoms with Gasteiger partial charge in [-0.1, -0.05) is 18.2 Å². The molecule has 0 fully saturated rings. The van der Waals surface area contributed by atoms with Crippen LogP contribution < -0.4 is 4.74 Å². The standard InChI is InChI=1S/C11H13FO3/c1-14-10-6-4-3-5-8(10)7-9(12)11(13)15-2/h3-6,9H,7H2,1-2H3. The number of rotatable bonds is 4. The SMILES string of the molecule is COC(=O)C(F)Cc1ccccc1OC. The van der Waals surface area contributed by atoms with Crippen LogP contribution in [-0.4, -0.2) is 26.4 Å². The van der Waals surface area contributed by atoms with E-state index in [1.807, 2.05) is 0 Å². The lowest BCUT2D eigenvalue weighted by Crippen LogP contribution is -2.19. The maximum Gasteiger partial charge on any atom is 0.340 e. The summed E-state index contributed by atoms with van der Waals surface area (Å²) >= 11 is 0. The van der Waals surface area contributed by atoms with Crippen molar-refractivity contribution in [2.45, 2.75) is 12.6 Å². The van der Waals surface area contributed by atoms with Crippen LogP contribution in [0.5, 0.6) is 5.75 Å². The Morgan fingerprint density at radius 2 is 2.07 bits per heavy atom. The van der Waals surface area contributed by atoms with E-state index in [-0.39, 0.29) is 6.42 Å². The van der Waals surface area contributed by atoms with Crippen molar-refractivity contribution < 1.29 is 18.7 Å². The highest BCUT2D eigenvalue weighted by Crippen LogP contribution is 2.20. The molecule has 3 nitrogen and oxygen atoms in total. The van der Waals surface area contributed by atoms with Gasteiger partial charge in [0.05, 0.1) is 14.2 Å². The first kappa shape index (κ1) is 11.5. The number of carbonyl (C=O) groups is 1. The molecule has 0 spiro atoms. The van der Waals surface area contributed by atoms with Crippen LogP contribution in [0.3, 0.4) is 0 Å². The third-order valence-electron chi connectivity index (χ3n) is 2.05. The van der Waals surface area contributed by atoms with Gasteiger partial charge in [0.25, 0.3) is 0 Å². The maximum atomic E-state index is 13.3. The number of hydrogen-bond donors (Lipinski definition) is 0. The van der Waals surface area contributed by atoms with Gasteiger partial charge in [-0.25, -0.2) is 9.18 Å². The molecule has 0 aromatic heterocycles. The molecule has 0 heterocycles. The second kappa shape index (κ2) is 5.34. The van der Waals surface area contributed by atoms with Crippen molar-refractivity contribution in [1.29, 1.82) is 0 Å². The zero-order chi connectivity index (χ0) is 11.3. The van der Waals surface area contributed by atoms with Gasteiger partial charge in [-0.2, -0.15) is 0 Å². The first-order valence-corrected chi connectivity index (χ1v) is 4.52. The smallest absolute Gasteiger partial charge is 0.340 e. The van der Waals surface area contributed by atoms with Gasteiger partial charge < -0.3 is 9.47 Å². The molecule has 0 aliphatic heterocycles. The van der Waals surface area contributed by atoms with Gasteiger partial charge in [-0.3, -0.25) is 0 Å². The predicted molar refractivity (Wildman–Crippen MR) is 53.6 cm³/mol. The summed E-state index contributed by atoms with van der Waals surface area (Å²) in [4.78, 5) is 10.9. The second-order valence-electron chi connectivity index (χ2n) is 3.01. The molecule has 1 aromatic rings.